The first-order chi connectivity index (χ1) is 4.20. The Hall–Kier alpha value is -1.30. The number of rotatable bonds is 1. The van der Waals surface area contributed by atoms with Gasteiger partial charge in [0.15, 0.2) is 5.82 Å². The van der Waals surface area contributed by atoms with Crippen LogP contribution in [-0.2, 0) is 0 Å². The molecule has 0 aliphatic rings. The molecule has 1 aromatic rings. The average molecular weight is 165 g/mol. The van der Waals surface area contributed by atoms with Crippen LogP contribution in [0.5, 0.6) is 0 Å². The van der Waals surface area contributed by atoms with E-state index in [1.807, 2.05) is 0 Å². The SMILES string of the molecule is Cl.Nc1cc([N+](=O)[O-])[nH]n1. The van der Waals surface area contributed by atoms with Crippen LogP contribution in [0.4, 0.5) is 11.6 Å². The number of halogens is 1. The molecule has 0 unspecified atom stereocenters. The summed E-state index contributed by atoms with van der Waals surface area (Å²) < 4.78 is 0. The molecule has 0 amide bonds. The van der Waals surface area contributed by atoms with Crippen molar-refractivity contribution < 1.29 is 4.92 Å². The van der Waals surface area contributed by atoms with E-state index in [-0.39, 0.29) is 24.0 Å². The molecule has 0 atom stereocenters. The molecule has 0 saturated heterocycles. The first kappa shape index (κ1) is 8.70. The second kappa shape index (κ2) is 3.02. The van der Waals surface area contributed by atoms with Gasteiger partial charge in [-0.25, -0.2) is 0 Å². The molecule has 1 aromatic heterocycles. The lowest BCUT2D eigenvalue weighted by Gasteiger charge is -1.83. The summed E-state index contributed by atoms with van der Waals surface area (Å²) in [7, 11) is 0. The Balaban J connectivity index is 0.000000810. The fourth-order valence-corrected chi connectivity index (χ4v) is 0.420. The largest absolute Gasteiger partial charge is 0.380 e. The summed E-state index contributed by atoms with van der Waals surface area (Å²) in [6, 6.07) is 1.15. The normalized spacial score (nSPS) is 8.40. The molecule has 0 saturated carbocycles. The van der Waals surface area contributed by atoms with Gasteiger partial charge in [-0.15, -0.1) is 17.5 Å². The van der Waals surface area contributed by atoms with Gasteiger partial charge in [0.05, 0.1) is 6.07 Å². The molecular weight excluding hydrogens is 160 g/mol. The molecule has 0 bridgehead atoms. The van der Waals surface area contributed by atoms with Crippen LogP contribution in [0.15, 0.2) is 6.07 Å². The van der Waals surface area contributed by atoms with Crippen molar-refractivity contribution >= 4 is 24.0 Å². The molecule has 7 heteroatoms. The van der Waals surface area contributed by atoms with Crippen LogP contribution in [0.3, 0.4) is 0 Å². The average Bonchev–Trinajstić information content (AvgIpc) is 2.14. The molecular formula is C3H5ClN4O2. The Morgan fingerprint density at radius 3 is 2.60 bits per heavy atom. The fraction of sp³-hybridized carbons (Fsp3) is 0. The molecule has 1 rings (SSSR count). The maximum Gasteiger partial charge on any atom is 0.344 e. The van der Waals surface area contributed by atoms with Crippen LogP contribution in [0.2, 0.25) is 0 Å². The third-order valence-electron chi connectivity index (χ3n) is 0.781. The summed E-state index contributed by atoms with van der Waals surface area (Å²) in [6.45, 7) is 0. The van der Waals surface area contributed by atoms with E-state index in [0.717, 1.165) is 6.07 Å². The summed E-state index contributed by atoms with van der Waals surface area (Å²) in [5.41, 5.74) is 5.07. The van der Waals surface area contributed by atoms with Gasteiger partial charge in [0, 0.05) is 0 Å². The zero-order valence-corrected chi connectivity index (χ0v) is 5.59. The zero-order valence-electron chi connectivity index (χ0n) is 4.77. The Kier molecular flexibility index (Phi) is 2.63. The van der Waals surface area contributed by atoms with Crippen LogP contribution in [0.1, 0.15) is 0 Å². The first-order valence-electron chi connectivity index (χ1n) is 2.15. The van der Waals surface area contributed by atoms with Crippen molar-refractivity contribution in [3.05, 3.63) is 16.2 Å². The lowest BCUT2D eigenvalue weighted by molar-refractivity contribution is -0.389. The van der Waals surface area contributed by atoms with Crippen molar-refractivity contribution in [3.63, 3.8) is 0 Å². The van der Waals surface area contributed by atoms with Crippen molar-refractivity contribution in [2.45, 2.75) is 0 Å². The van der Waals surface area contributed by atoms with Crippen LogP contribution in [-0.4, -0.2) is 15.1 Å². The summed E-state index contributed by atoms with van der Waals surface area (Å²) in [5.74, 6) is -0.0609. The third kappa shape index (κ3) is 1.59. The van der Waals surface area contributed by atoms with E-state index >= 15 is 0 Å². The molecule has 10 heavy (non-hydrogen) atoms. The Bertz CT molecular complexity index is 234. The molecule has 0 fully saturated rings. The summed E-state index contributed by atoms with van der Waals surface area (Å²) >= 11 is 0. The molecule has 0 spiro atoms. The highest BCUT2D eigenvalue weighted by Crippen LogP contribution is 2.07. The predicted molar refractivity (Wildman–Crippen MR) is 36.9 cm³/mol. The number of hydrogen-bond acceptors (Lipinski definition) is 4. The third-order valence-corrected chi connectivity index (χ3v) is 0.781. The van der Waals surface area contributed by atoms with Gasteiger partial charge in [0.2, 0.25) is 0 Å². The van der Waals surface area contributed by atoms with Gasteiger partial charge in [-0.2, -0.15) is 0 Å². The highest BCUT2D eigenvalue weighted by atomic mass is 35.5. The molecule has 1 heterocycles. The molecule has 0 aliphatic heterocycles. The second-order valence-electron chi connectivity index (χ2n) is 1.44. The van der Waals surface area contributed by atoms with Crippen molar-refractivity contribution in [2.24, 2.45) is 0 Å². The number of aromatic nitrogens is 2. The topological polar surface area (TPSA) is 97.8 Å². The van der Waals surface area contributed by atoms with Gasteiger partial charge in [-0.05, 0) is 4.92 Å². The Labute approximate surface area is 62.0 Å². The minimum atomic E-state index is -0.594. The minimum Gasteiger partial charge on any atom is -0.380 e. The summed E-state index contributed by atoms with van der Waals surface area (Å²) in [4.78, 5) is 9.30. The van der Waals surface area contributed by atoms with Gasteiger partial charge < -0.3 is 15.8 Å². The van der Waals surface area contributed by atoms with E-state index < -0.39 is 4.92 Å². The van der Waals surface area contributed by atoms with E-state index in [1.54, 1.807) is 0 Å². The van der Waals surface area contributed by atoms with Crippen molar-refractivity contribution in [2.75, 3.05) is 5.73 Å². The first-order valence-corrected chi connectivity index (χ1v) is 2.15. The minimum absolute atomic E-state index is 0. The van der Waals surface area contributed by atoms with E-state index in [4.69, 9.17) is 5.73 Å². The highest BCUT2D eigenvalue weighted by Gasteiger charge is 2.05. The van der Waals surface area contributed by atoms with Crippen LogP contribution >= 0.6 is 12.4 Å². The Morgan fingerprint density at radius 2 is 2.40 bits per heavy atom. The molecule has 0 aromatic carbocycles. The summed E-state index contributed by atoms with van der Waals surface area (Å²) in [6.07, 6.45) is 0. The van der Waals surface area contributed by atoms with Gasteiger partial charge in [-0.3, -0.25) is 0 Å². The highest BCUT2D eigenvalue weighted by molar-refractivity contribution is 5.85. The fourth-order valence-electron chi connectivity index (χ4n) is 0.420. The maximum absolute atomic E-state index is 9.89. The Morgan fingerprint density at radius 1 is 1.80 bits per heavy atom. The number of nitrogens with zero attached hydrogens (tertiary/aromatic N) is 2. The molecule has 6 nitrogen and oxygen atoms in total. The smallest absolute Gasteiger partial charge is 0.344 e. The molecule has 0 radical (unpaired) electrons. The number of anilines is 1. The van der Waals surface area contributed by atoms with Gasteiger partial charge in [0.1, 0.15) is 0 Å². The number of nitrogens with two attached hydrogens (primary N) is 1. The molecule has 0 aliphatic carbocycles. The van der Waals surface area contributed by atoms with E-state index in [9.17, 15) is 10.1 Å². The second-order valence-corrected chi connectivity index (χ2v) is 1.44. The van der Waals surface area contributed by atoms with Crippen LogP contribution < -0.4 is 5.73 Å². The summed E-state index contributed by atoms with van der Waals surface area (Å²) in [5, 5.41) is 15.4. The number of H-pyrrole nitrogens is 1. The maximum atomic E-state index is 9.89. The number of nitro groups is 1. The van der Waals surface area contributed by atoms with Crippen LogP contribution in [0, 0.1) is 10.1 Å². The standard InChI is InChI=1S/C3H4N4O2.ClH/c4-2-1-3(6-5-2)7(8)9;/h1H,(H3,4,5,6);1H. The van der Waals surface area contributed by atoms with Gasteiger partial charge >= 0.3 is 5.82 Å². The lowest BCUT2D eigenvalue weighted by atomic mass is 10.6. The van der Waals surface area contributed by atoms with Gasteiger partial charge in [0.25, 0.3) is 0 Å². The van der Waals surface area contributed by atoms with Crippen molar-refractivity contribution in [1.82, 2.24) is 10.2 Å². The number of hydrogen-bond donors (Lipinski definition) is 2. The van der Waals surface area contributed by atoms with Crippen molar-refractivity contribution in [1.29, 1.82) is 0 Å². The molecule has 56 valence electrons. The predicted octanol–water partition coefficient (Wildman–Crippen LogP) is 0.322. The number of nitrogen functional groups attached to an aromatic ring is 1. The van der Waals surface area contributed by atoms with E-state index in [1.165, 1.54) is 0 Å². The van der Waals surface area contributed by atoms with E-state index in [2.05, 4.69) is 10.2 Å². The number of aromatic amines is 1. The van der Waals surface area contributed by atoms with E-state index in [0.29, 0.717) is 0 Å². The zero-order chi connectivity index (χ0) is 6.85. The van der Waals surface area contributed by atoms with Gasteiger partial charge in [-0.1, -0.05) is 5.10 Å². The number of nitrogens with one attached hydrogen (secondary N) is 1. The quantitative estimate of drug-likeness (QED) is 0.461. The monoisotopic (exact) mass is 164 g/mol. The van der Waals surface area contributed by atoms with Crippen LogP contribution in [0.25, 0.3) is 0 Å². The molecule has 3 N–H and O–H groups in total. The van der Waals surface area contributed by atoms with Crippen molar-refractivity contribution in [3.8, 4) is 0 Å². The lowest BCUT2D eigenvalue weighted by Crippen LogP contribution is -1.86.